The standard InChI is InChI=1S/C13H18N2O6Si/c1-9(8-22(2,3)4)21-13(16)10-5-11(14(17)18)7-12(6-10)15(19)20/h5-7,9H,8H2,1-4H3. The molecule has 0 saturated heterocycles. The van der Waals surface area contributed by atoms with E-state index < -0.39 is 35.3 Å². The fraction of sp³-hybridized carbons (Fsp3) is 0.462. The monoisotopic (exact) mass is 326 g/mol. The molecule has 0 heterocycles. The summed E-state index contributed by atoms with van der Waals surface area (Å²) in [5.74, 6) is -0.794. The fourth-order valence-corrected chi connectivity index (χ4v) is 3.89. The summed E-state index contributed by atoms with van der Waals surface area (Å²) >= 11 is 0. The number of benzene rings is 1. The highest BCUT2D eigenvalue weighted by molar-refractivity contribution is 6.76. The zero-order valence-electron chi connectivity index (χ0n) is 12.9. The van der Waals surface area contributed by atoms with Crippen molar-refractivity contribution < 1.29 is 19.4 Å². The van der Waals surface area contributed by atoms with Gasteiger partial charge in [0.25, 0.3) is 11.4 Å². The molecule has 0 spiro atoms. The van der Waals surface area contributed by atoms with Gasteiger partial charge >= 0.3 is 5.97 Å². The van der Waals surface area contributed by atoms with Crippen molar-refractivity contribution in [1.29, 1.82) is 0 Å². The first-order valence-corrected chi connectivity index (χ1v) is 10.3. The van der Waals surface area contributed by atoms with Crippen LogP contribution in [-0.2, 0) is 4.74 Å². The zero-order chi connectivity index (χ0) is 17.1. The Morgan fingerprint density at radius 2 is 1.59 bits per heavy atom. The summed E-state index contributed by atoms with van der Waals surface area (Å²) in [5.41, 5.74) is -1.22. The van der Waals surface area contributed by atoms with Gasteiger partial charge in [-0.3, -0.25) is 20.2 Å². The molecule has 0 aromatic heterocycles. The topological polar surface area (TPSA) is 113 Å². The second-order valence-corrected chi connectivity index (χ2v) is 11.8. The molecule has 8 nitrogen and oxygen atoms in total. The predicted octanol–water partition coefficient (Wildman–Crippen LogP) is 3.39. The lowest BCUT2D eigenvalue weighted by Gasteiger charge is -2.21. The summed E-state index contributed by atoms with van der Waals surface area (Å²) in [6, 6.07) is 3.51. The summed E-state index contributed by atoms with van der Waals surface area (Å²) in [4.78, 5) is 32.1. The van der Waals surface area contributed by atoms with Crippen molar-refractivity contribution >= 4 is 25.4 Å². The minimum absolute atomic E-state index is 0.191. The molecule has 0 aliphatic heterocycles. The highest BCUT2D eigenvalue weighted by Gasteiger charge is 2.24. The van der Waals surface area contributed by atoms with Crippen LogP contribution in [0.25, 0.3) is 0 Å². The Balaban J connectivity index is 3.02. The van der Waals surface area contributed by atoms with Crippen LogP contribution in [0.15, 0.2) is 18.2 Å². The van der Waals surface area contributed by atoms with Crippen molar-refractivity contribution in [3.8, 4) is 0 Å². The van der Waals surface area contributed by atoms with Gasteiger partial charge in [-0.05, 0) is 13.0 Å². The minimum atomic E-state index is -1.44. The molecule has 1 aromatic rings. The third kappa shape index (κ3) is 5.24. The van der Waals surface area contributed by atoms with Crippen molar-refractivity contribution in [2.75, 3.05) is 0 Å². The van der Waals surface area contributed by atoms with E-state index in [2.05, 4.69) is 19.6 Å². The second-order valence-electron chi connectivity index (χ2n) is 6.23. The molecule has 0 aliphatic carbocycles. The quantitative estimate of drug-likeness (QED) is 0.343. The lowest BCUT2D eigenvalue weighted by Crippen LogP contribution is -2.28. The molecule has 1 rings (SSSR count). The van der Waals surface area contributed by atoms with Crippen LogP contribution >= 0.6 is 0 Å². The molecular formula is C13H18N2O6Si. The number of nitro benzene ring substituents is 2. The molecule has 22 heavy (non-hydrogen) atoms. The summed E-state index contributed by atoms with van der Waals surface area (Å²) in [6.07, 6.45) is -0.350. The van der Waals surface area contributed by atoms with Gasteiger partial charge in [0, 0.05) is 20.2 Å². The van der Waals surface area contributed by atoms with E-state index in [1.807, 2.05) is 0 Å². The number of nitrogens with zero attached hydrogens (tertiary/aromatic N) is 2. The Bertz CT molecular complexity index is 579. The number of esters is 1. The Hall–Kier alpha value is -2.29. The van der Waals surface area contributed by atoms with Crippen molar-refractivity contribution in [2.24, 2.45) is 0 Å². The highest BCUT2D eigenvalue weighted by atomic mass is 28.3. The molecule has 0 N–H and O–H groups in total. The summed E-state index contributed by atoms with van der Waals surface area (Å²) in [7, 11) is -1.44. The Morgan fingerprint density at radius 3 is 1.95 bits per heavy atom. The lowest BCUT2D eigenvalue weighted by molar-refractivity contribution is -0.394. The van der Waals surface area contributed by atoms with Gasteiger partial charge in [-0.1, -0.05) is 19.6 Å². The average Bonchev–Trinajstić information content (AvgIpc) is 2.35. The van der Waals surface area contributed by atoms with Crippen molar-refractivity contribution in [3.63, 3.8) is 0 Å². The first-order chi connectivity index (χ1) is 9.99. The molecule has 1 aromatic carbocycles. The van der Waals surface area contributed by atoms with E-state index in [1.165, 1.54) is 0 Å². The second kappa shape index (κ2) is 6.65. The molecule has 1 atom stereocenters. The number of rotatable bonds is 6. The van der Waals surface area contributed by atoms with Crippen molar-refractivity contribution in [1.82, 2.24) is 0 Å². The lowest BCUT2D eigenvalue weighted by atomic mass is 10.2. The summed E-state index contributed by atoms with van der Waals surface area (Å²) < 4.78 is 5.23. The van der Waals surface area contributed by atoms with Crippen LogP contribution in [0.1, 0.15) is 17.3 Å². The first kappa shape index (κ1) is 17.8. The largest absolute Gasteiger partial charge is 0.459 e. The van der Waals surface area contributed by atoms with Crippen molar-refractivity contribution in [2.45, 2.75) is 38.7 Å². The van der Waals surface area contributed by atoms with E-state index in [-0.39, 0.29) is 11.7 Å². The van der Waals surface area contributed by atoms with E-state index in [0.717, 1.165) is 24.2 Å². The van der Waals surface area contributed by atoms with Crippen molar-refractivity contribution in [3.05, 3.63) is 44.0 Å². The number of carbonyl (C=O) groups excluding carboxylic acids is 1. The van der Waals surface area contributed by atoms with Crippen LogP contribution in [-0.4, -0.2) is 30.0 Å². The highest BCUT2D eigenvalue weighted by Crippen LogP contribution is 2.24. The first-order valence-electron chi connectivity index (χ1n) is 6.64. The number of hydrogen-bond acceptors (Lipinski definition) is 6. The SMILES string of the molecule is CC(C[Si](C)(C)C)OC(=O)c1cc([N+](=O)[O-])cc([N+](=O)[O-])c1. The van der Waals surface area contributed by atoms with Gasteiger partial charge < -0.3 is 4.74 Å². The molecule has 0 fully saturated rings. The van der Waals surface area contributed by atoms with Gasteiger partial charge in [0.1, 0.15) is 0 Å². The molecule has 0 amide bonds. The number of ether oxygens (including phenoxy) is 1. The molecule has 120 valence electrons. The van der Waals surface area contributed by atoms with Gasteiger partial charge in [0.2, 0.25) is 0 Å². The number of carbonyl (C=O) groups is 1. The van der Waals surface area contributed by atoms with E-state index in [9.17, 15) is 25.0 Å². The number of hydrogen-bond donors (Lipinski definition) is 0. The summed E-state index contributed by atoms with van der Waals surface area (Å²) in [5, 5.41) is 21.6. The normalized spacial score (nSPS) is 12.5. The molecular weight excluding hydrogens is 308 g/mol. The fourth-order valence-electron chi connectivity index (χ4n) is 2.08. The predicted molar refractivity (Wildman–Crippen MR) is 82.8 cm³/mol. The van der Waals surface area contributed by atoms with Gasteiger partial charge in [0.15, 0.2) is 0 Å². The minimum Gasteiger partial charge on any atom is -0.459 e. The molecule has 0 bridgehead atoms. The van der Waals surface area contributed by atoms with E-state index in [1.54, 1.807) is 6.92 Å². The Morgan fingerprint density at radius 1 is 1.14 bits per heavy atom. The number of nitro groups is 2. The molecule has 0 aliphatic rings. The molecule has 0 radical (unpaired) electrons. The maximum absolute atomic E-state index is 12.0. The van der Waals surface area contributed by atoms with E-state index in [0.29, 0.717) is 0 Å². The average molecular weight is 326 g/mol. The van der Waals surface area contributed by atoms with E-state index in [4.69, 9.17) is 4.74 Å². The van der Waals surface area contributed by atoms with Gasteiger partial charge in [-0.2, -0.15) is 0 Å². The van der Waals surface area contributed by atoms with Gasteiger partial charge in [-0.15, -0.1) is 0 Å². The maximum Gasteiger partial charge on any atom is 0.338 e. The smallest absolute Gasteiger partial charge is 0.338 e. The zero-order valence-corrected chi connectivity index (χ0v) is 13.9. The van der Waals surface area contributed by atoms with Crippen LogP contribution < -0.4 is 0 Å². The molecule has 1 unspecified atom stereocenters. The van der Waals surface area contributed by atoms with Crippen LogP contribution in [0.4, 0.5) is 11.4 Å². The van der Waals surface area contributed by atoms with Crippen LogP contribution in [0.2, 0.25) is 25.7 Å². The van der Waals surface area contributed by atoms with Crippen LogP contribution in [0, 0.1) is 20.2 Å². The third-order valence-electron chi connectivity index (χ3n) is 2.77. The maximum atomic E-state index is 12.0. The van der Waals surface area contributed by atoms with Gasteiger partial charge in [0.05, 0.1) is 27.6 Å². The van der Waals surface area contributed by atoms with Crippen LogP contribution in [0.3, 0.4) is 0 Å². The Kier molecular flexibility index (Phi) is 5.36. The van der Waals surface area contributed by atoms with E-state index >= 15 is 0 Å². The molecule has 0 saturated carbocycles. The summed E-state index contributed by atoms with van der Waals surface area (Å²) in [6.45, 7) is 8.10. The third-order valence-corrected chi connectivity index (χ3v) is 4.57. The number of non-ortho nitro benzene ring substituents is 2. The van der Waals surface area contributed by atoms with Crippen LogP contribution in [0.5, 0.6) is 0 Å². The Labute approximate surface area is 128 Å². The molecule has 9 heteroatoms. The van der Waals surface area contributed by atoms with Gasteiger partial charge in [-0.25, -0.2) is 4.79 Å².